The topological polar surface area (TPSA) is 97.4 Å². The minimum atomic E-state index is -3.58. The zero-order valence-electron chi connectivity index (χ0n) is 12.5. The van der Waals surface area contributed by atoms with E-state index in [1.54, 1.807) is 19.1 Å². The van der Waals surface area contributed by atoms with Crippen LogP contribution in [0.15, 0.2) is 23.4 Å². The van der Waals surface area contributed by atoms with Gasteiger partial charge in [-0.15, -0.1) is 0 Å². The quantitative estimate of drug-likeness (QED) is 0.899. The molecule has 2 aromatic rings. The number of fused-ring (bicyclic) bond motifs is 1. The van der Waals surface area contributed by atoms with Crippen LogP contribution in [0.1, 0.15) is 23.7 Å². The van der Waals surface area contributed by atoms with Gasteiger partial charge in [-0.05, 0) is 25.0 Å². The number of H-pyrrole nitrogens is 1. The number of nitrogens with zero attached hydrogens (tertiary/aromatic N) is 3. The number of hydrogen-bond acceptors (Lipinski definition) is 6. The lowest BCUT2D eigenvalue weighted by Gasteiger charge is -2.18. The van der Waals surface area contributed by atoms with Crippen molar-refractivity contribution in [1.82, 2.24) is 19.5 Å². The van der Waals surface area contributed by atoms with E-state index < -0.39 is 10.0 Å². The van der Waals surface area contributed by atoms with Gasteiger partial charge >= 0.3 is 0 Å². The van der Waals surface area contributed by atoms with Crippen molar-refractivity contribution < 1.29 is 17.9 Å². The van der Waals surface area contributed by atoms with Crippen LogP contribution in [0, 0.1) is 6.92 Å². The molecule has 0 saturated carbocycles. The maximum atomic E-state index is 13.0. The number of rotatable bonds is 3. The smallest absolute Gasteiger partial charge is 0.243 e. The Kier molecular flexibility index (Phi) is 3.27. The first-order valence-electron chi connectivity index (χ1n) is 7.31. The van der Waals surface area contributed by atoms with E-state index in [1.807, 2.05) is 0 Å². The fourth-order valence-corrected chi connectivity index (χ4v) is 4.75. The predicted molar refractivity (Wildman–Crippen MR) is 79.8 cm³/mol. The van der Waals surface area contributed by atoms with Crippen LogP contribution in [0.5, 0.6) is 11.5 Å². The van der Waals surface area contributed by atoms with Gasteiger partial charge in [-0.1, -0.05) is 0 Å². The van der Waals surface area contributed by atoms with E-state index in [9.17, 15) is 8.42 Å². The molecule has 1 unspecified atom stereocenters. The molecule has 2 aliphatic rings. The minimum absolute atomic E-state index is 0.0431. The summed E-state index contributed by atoms with van der Waals surface area (Å²) in [6.45, 7) is 2.74. The van der Waals surface area contributed by atoms with Gasteiger partial charge in [-0.2, -0.15) is 9.40 Å². The molecule has 1 saturated heterocycles. The Bertz CT molecular complexity index is 835. The fourth-order valence-electron chi connectivity index (χ4n) is 3.02. The van der Waals surface area contributed by atoms with Gasteiger partial charge in [-0.25, -0.2) is 13.4 Å². The molecule has 3 heterocycles. The van der Waals surface area contributed by atoms with E-state index in [4.69, 9.17) is 9.47 Å². The third-order valence-corrected chi connectivity index (χ3v) is 6.27. The van der Waals surface area contributed by atoms with Crippen molar-refractivity contribution in [2.45, 2.75) is 24.2 Å². The second-order valence-electron chi connectivity index (χ2n) is 5.69. The van der Waals surface area contributed by atoms with Crippen LogP contribution in [0.3, 0.4) is 0 Å². The minimum Gasteiger partial charge on any atom is -0.454 e. The van der Waals surface area contributed by atoms with Crippen LogP contribution in [-0.4, -0.2) is 47.8 Å². The number of sulfonamides is 1. The summed E-state index contributed by atoms with van der Waals surface area (Å²) in [6, 6.07) is 3.26. The molecule has 1 N–H and O–H groups in total. The largest absolute Gasteiger partial charge is 0.454 e. The van der Waals surface area contributed by atoms with E-state index in [1.165, 1.54) is 10.6 Å². The van der Waals surface area contributed by atoms with Crippen molar-refractivity contribution in [2.75, 3.05) is 19.9 Å². The second kappa shape index (κ2) is 5.20. The highest BCUT2D eigenvalue weighted by atomic mass is 32.2. The number of aromatic amines is 1. The van der Waals surface area contributed by atoms with E-state index in [0.29, 0.717) is 30.2 Å². The first-order chi connectivity index (χ1) is 11.1. The maximum Gasteiger partial charge on any atom is 0.243 e. The molecular weight excluding hydrogens is 320 g/mol. The molecule has 2 aliphatic heterocycles. The van der Waals surface area contributed by atoms with E-state index in [0.717, 1.165) is 12.2 Å². The molecule has 0 radical (unpaired) electrons. The lowest BCUT2D eigenvalue weighted by Crippen LogP contribution is -2.29. The molecule has 0 amide bonds. The van der Waals surface area contributed by atoms with E-state index in [2.05, 4.69) is 15.2 Å². The number of ether oxygens (including phenoxy) is 2. The van der Waals surface area contributed by atoms with Crippen molar-refractivity contribution in [1.29, 1.82) is 0 Å². The third kappa shape index (κ3) is 2.36. The van der Waals surface area contributed by atoms with Gasteiger partial charge in [0.1, 0.15) is 12.2 Å². The highest BCUT2D eigenvalue weighted by molar-refractivity contribution is 7.89. The standard InChI is InChI=1S/C14H16N4O4S/c1-9-4-11-12(22-8-21-11)5-13(9)23(19,20)18-3-2-10(6-18)14-15-7-16-17-14/h4-5,7,10H,2-3,6,8H2,1H3,(H,15,16,17). The van der Waals surface area contributed by atoms with Gasteiger partial charge in [0, 0.05) is 25.1 Å². The van der Waals surface area contributed by atoms with Gasteiger partial charge < -0.3 is 9.47 Å². The Morgan fingerprint density at radius 2 is 2.09 bits per heavy atom. The van der Waals surface area contributed by atoms with Gasteiger partial charge in [0.15, 0.2) is 11.5 Å². The van der Waals surface area contributed by atoms with Crippen molar-refractivity contribution in [3.8, 4) is 11.5 Å². The van der Waals surface area contributed by atoms with Gasteiger partial charge in [-0.3, -0.25) is 5.10 Å². The number of hydrogen-bond donors (Lipinski definition) is 1. The number of nitrogens with one attached hydrogen (secondary N) is 1. The Morgan fingerprint density at radius 3 is 2.83 bits per heavy atom. The Morgan fingerprint density at radius 1 is 1.30 bits per heavy atom. The summed E-state index contributed by atoms with van der Waals surface area (Å²) in [5.41, 5.74) is 0.650. The third-order valence-electron chi connectivity index (χ3n) is 4.26. The predicted octanol–water partition coefficient (Wildman–Crippen LogP) is 1.02. The molecule has 1 fully saturated rings. The fraction of sp³-hybridized carbons (Fsp3) is 0.429. The molecule has 122 valence electrons. The highest BCUT2D eigenvalue weighted by Gasteiger charge is 2.36. The van der Waals surface area contributed by atoms with E-state index >= 15 is 0 Å². The van der Waals surface area contributed by atoms with Crippen LogP contribution < -0.4 is 9.47 Å². The molecule has 1 aromatic carbocycles. The Labute approximate surface area is 133 Å². The summed E-state index contributed by atoms with van der Waals surface area (Å²) in [7, 11) is -3.58. The molecule has 9 heteroatoms. The summed E-state index contributed by atoms with van der Waals surface area (Å²) in [4.78, 5) is 4.39. The Balaban J connectivity index is 1.64. The highest BCUT2D eigenvalue weighted by Crippen LogP contribution is 2.38. The normalized spacial score (nSPS) is 21.0. The number of aryl methyl sites for hydroxylation is 1. The molecule has 0 spiro atoms. The molecule has 1 aromatic heterocycles. The van der Waals surface area contributed by atoms with Crippen LogP contribution in [0.2, 0.25) is 0 Å². The van der Waals surface area contributed by atoms with Gasteiger partial charge in [0.2, 0.25) is 16.8 Å². The molecule has 8 nitrogen and oxygen atoms in total. The molecule has 4 rings (SSSR count). The van der Waals surface area contributed by atoms with Crippen LogP contribution in [0.25, 0.3) is 0 Å². The average molecular weight is 336 g/mol. The SMILES string of the molecule is Cc1cc2c(cc1S(=O)(=O)N1CCC(c3ncn[nH]3)C1)OCO2. The van der Waals surface area contributed by atoms with Crippen molar-refractivity contribution >= 4 is 10.0 Å². The van der Waals surface area contributed by atoms with Crippen LogP contribution >= 0.6 is 0 Å². The molecule has 0 aliphatic carbocycles. The lowest BCUT2D eigenvalue weighted by molar-refractivity contribution is 0.174. The summed E-state index contributed by atoms with van der Waals surface area (Å²) in [6.07, 6.45) is 2.16. The second-order valence-corrected chi connectivity index (χ2v) is 7.60. The molecular formula is C14H16N4O4S. The lowest BCUT2D eigenvalue weighted by atomic mass is 10.1. The maximum absolute atomic E-state index is 13.0. The molecule has 1 atom stereocenters. The average Bonchev–Trinajstić information content (AvgIpc) is 3.26. The summed E-state index contributed by atoms with van der Waals surface area (Å²) < 4.78 is 38.0. The molecule has 23 heavy (non-hydrogen) atoms. The summed E-state index contributed by atoms with van der Waals surface area (Å²) in [5.74, 6) is 1.83. The first-order valence-corrected chi connectivity index (χ1v) is 8.75. The van der Waals surface area contributed by atoms with Crippen LogP contribution in [0.4, 0.5) is 0 Å². The summed E-state index contributed by atoms with van der Waals surface area (Å²) >= 11 is 0. The number of benzene rings is 1. The van der Waals surface area contributed by atoms with Gasteiger partial charge in [0.25, 0.3) is 0 Å². The zero-order chi connectivity index (χ0) is 16.0. The molecule has 0 bridgehead atoms. The van der Waals surface area contributed by atoms with E-state index in [-0.39, 0.29) is 17.6 Å². The van der Waals surface area contributed by atoms with Crippen molar-refractivity contribution in [3.05, 3.63) is 29.8 Å². The van der Waals surface area contributed by atoms with Crippen molar-refractivity contribution in [2.24, 2.45) is 0 Å². The van der Waals surface area contributed by atoms with Crippen molar-refractivity contribution in [3.63, 3.8) is 0 Å². The Hall–Kier alpha value is -2.13. The van der Waals surface area contributed by atoms with Gasteiger partial charge in [0.05, 0.1) is 4.90 Å². The zero-order valence-corrected chi connectivity index (χ0v) is 13.3. The monoisotopic (exact) mass is 336 g/mol. The van der Waals surface area contributed by atoms with Crippen LogP contribution in [-0.2, 0) is 10.0 Å². The summed E-state index contributed by atoms with van der Waals surface area (Å²) in [5, 5.41) is 6.65. The first kappa shape index (κ1) is 14.5. The number of aromatic nitrogens is 3.